The van der Waals surface area contributed by atoms with E-state index in [0.29, 0.717) is 11.5 Å². The highest BCUT2D eigenvalue weighted by Gasteiger charge is 2.61. The topological polar surface area (TPSA) is 61.4 Å². The molecule has 3 fully saturated rings. The van der Waals surface area contributed by atoms with Crippen molar-refractivity contribution in [3.8, 4) is 0 Å². The molecule has 3 atom stereocenters. The minimum atomic E-state index is 0.100. The van der Waals surface area contributed by atoms with Gasteiger partial charge in [0.15, 0.2) is 0 Å². The minimum absolute atomic E-state index is 0.100. The van der Waals surface area contributed by atoms with Gasteiger partial charge in [0.25, 0.3) is 0 Å². The average molecular weight is 343 g/mol. The molecule has 1 aliphatic heterocycles. The van der Waals surface area contributed by atoms with E-state index >= 15 is 0 Å². The van der Waals surface area contributed by atoms with Gasteiger partial charge in [-0.2, -0.15) is 0 Å². The first-order valence-electron chi connectivity index (χ1n) is 9.49. The van der Waals surface area contributed by atoms with E-state index in [1.165, 1.54) is 12.8 Å². The Bertz CT molecular complexity index is 640. The molecule has 136 valence electrons. The predicted molar refractivity (Wildman–Crippen MR) is 97.4 cm³/mol. The molecule has 6 heteroatoms. The highest BCUT2D eigenvalue weighted by molar-refractivity contribution is 5.75. The SMILES string of the molecule is CC1(C)[C@H]2CC[C@@]1(C)[C@@H](NC(=O)N1CCN(c3ncccn3)CC1)C2. The quantitative estimate of drug-likeness (QED) is 0.896. The van der Waals surface area contributed by atoms with Crippen molar-refractivity contribution < 1.29 is 4.79 Å². The van der Waals surface area contributed by atoms with Crippen molar-refractivity contribution in [2.45, 2.75) is 46.1 Å². The number of hydrogen-bond donors (Lipinski definition) is 1. The molecule has 3 aliphatic rings. The molecule has 0 spiro atoms. The van der Waals surface area contributed by atoms with Crippen molar-refractivity contribution >= 4 is 12.0 Å². The van der Waals surface area contributed by atoms with Gasteiger partial charge in [-0.3, -0.25) is 0 Å². The first kappa shape index (κ1) is 16.6. The van der Waals surface area contributed by atoms with Gasteiger partial charge in [-0.05, 0) is 42.1 Å². The Balaban J connectivity index is 1.35. The molecule has 0 unspecified atom stereocenters. The van der Waals surface area contributed by atoms with Crippen LogP contribution in [0.25, 0.3) is 0 Å². The summed E-state index contributed by atoms with van der Waals surface area (Å²) in [7, 11) is 0. The van der Waals surface area contributed by atoms with Crippen LogP contribution in [-0.2, 0) is 0 Å². The lowest BCUT2D eigenvalue weighted by Crippen LogP contribution is -2.56. The van der Waals surface area contributed by atoms with Crippen LogP contribution in [-0.4, -0.2) is 53.1 Å². The third-order valence-electron chi connectivity index (χ3n) is 7.49. The molecule has 2 aliphatic carbocycles. The third-order valence-corrected chi connectivity index (χ3v) is 7.49. The number of carbonyl (C=O) groups is 1. The number of rotatable bonds is 2. The summed E-state index contributed by atoms with van der Waals surface area (Å²) in [5.41, 5.74) is 0.557. The summed E-state index contributed by atoms with van der Waals surface area (Å²) in [6.45, 7) is 10.2. The lowest BCUT2D eigenvalue weighted by molar-refractivity contribution is 0.117. The number of hydrogen-bond acceptors (Lipinski definition) is 4. The number of fused-ring (bicyclic) bond motifs is 2. The maximum Gasteiger partial charge on any atom is 0.317 e. The van der Waals surface area contributed by atoms with Crippen LogP contribution in [0.1, 0.15) is 40.0 Å². The van der Waals surface area contributed by atoms with E-state index in [4.69, 9.17) is 0 Å². The Hall–Kier alpha value is -1.85. The molecule has 6 nitrogen and oxygen atoms in total. The zero-order valence-corrected chi connectivity index (χ0v) is 15.5. The van der Waals surface area contributed by atoms with Gasteiger partial charge in [0, 0.05) is 44.6 Å². The van der Waals surface area contributed by atoms with Crippen molar-refractivity contribution in [1.82, 2.24) is 20.2 Å². The monoisotopic (exact) mass is 343 g/mol. The highest BCUT2D eigenvalue weighted by atomic mass is 16.2. The molecule has 4 rings (SSSR count). The molecule has 25 heavy (non-hydrogen) atoms. The smallest absolute Gasteiger partial charge is 0.317 e. The van der Waals surface area contributed by atoms with Gasteiger partial charge >= 0.3 is 6.03 Å². The summed E-state index contributed by atoms with van der Waals surface area (Å²) in [6, 6.07) is 2.23. The molecule has 1 saturated heterocycles. The van der Waals surface area contributed by atoms with Crippen LogP contribution in [0.4, 0.5) is 10.7 Å². The number of aromatic nitrogens is 2. The molecule has 0 aromatic carbocycles. The first-order valence-corrected chi connectivity index (χ1v) is 9.49. The van der Waals surface area contributed by atoms with E-state index in [2.05, 4.69) is 41.0 Å². The Labute approximate surface area is 150 Å². The summed E-state index contributed by atoms with van der Waals surface area (Å²) in [6.07, 6.45) is 7.20. The van der Waals surface area contributed by atoms with Crippen LogP contribution < -0.4 is 10.2 Å². The van der Waals surface area contributed by atoms with Gasteiger partial charge in [0.05, 0.1) is 0 Å². The fraction of sp³-hybridized carbons (Fsp3) is 0.737. The van der Waals surface area contributed by atoms with Gasteiger partial charge in [-0.1, -0.05) is 20.8 Å². The van der Waals surface area contributed by atoms with Crippen LogP contribution in [0.3, 0.4) is 0 Å². The van der Waals surface area contributed by atoms with E-state index in [-0.39, 0.29) is 11.4 Å². The summed E-state index contributed by atoms with van der Waals surface area (Å²) in [5, 5.41) is 3.37. The van der Waals surface area contributed by atoms with Gasteiger partial charge < -0.3 is 15.1 Å². The van der Waals surface area contributed by atoms with E-state index in [1.807, 2.05) is 11.0 Å². The predicted octanol–water partition coefficient (Wildman–Crippen LogP) is 2.52. The van der Waals surface area contributed by atoms with Crippen LogP contribution in [0.15, 0.2) is 18.5 Å². The number of carbonyl (C=O) groups excluding carboxylic acids is 1. The summed E-state index contributed by atoms with van der Waals surface area (Å²) >= 11 is 0. The van der Waals surface area contributed by atoms with Crippen molar-refractivity contribution in [2.75, 3.05) is 31.1 Å². The van der Waals surface area contributed by atoms with E-state index in [1.54, 1.807) is 12.4 Å². The van der Waals surface area contributed by atoms with Crippen LogP contribution in [0.2, 0.25) is 0 Å². The molecule has 0 radical (unpaired) electrons. The van der Waals surface area contributed by atoms with Gasteiger partial charge in [0.1, 0.15) is 0 Å². The number of nitrogens with zero attached hydrogens (tertiary/aromatic N) is 4. The molecule has 1 aromatic heterocycles. The first-order chi connectivity index (χ1) is 11.9. The fourth-order valence-corrected chi connectivity index (χ4v) is 5.23. The van der Waals surface area contributed by atoms with E-state index in [0.717, 1.165) is 44.5 Å². The highest BCUT2D eigenvalue weighted by Crippen LogP contribution is 2.65. The van der Waals surface area contributed by atoms with E-state index in [9.17, 15) is 4.79 Å². The third kappa shape index (κ3) is 2.57. The molecule has 1 aromatic rings. The Kier molecular flexibility index (Phi) is 3.89. The average Bonchev–Trinajstić information content (AvgIpc) is 2.96. The minimum Gasteiger partial charge on any atom is -0.337 e. The van der Waals surface area contributed by atoms with E-state index < -0.39 is 0 Å². The van der Waals surface area contributed by atoms with Gasteiger partial charge in [-0.15, -0.1) is 0 Å². The number of amides is 2. The zero-order chi connectivity index (χ0) is 17.7. The van der Waals surface area contributed by atoms with Gasteiger partial charge in [-0.25, -0.2) is 14.8 Å². The summed E-state index contributed by atoms with van der Waals surface area (Å²) < 4.78 is 0. The van der Waals surface area contributed by atoms with Crippen LogP contribution >= 0.6 is 0 Å². The van der Waals surface area contributed by atoms with Crippen molar-refractivity contribution in [1.29, 1.82) is 0 Å². The zero-order valence-electron chi connectivity index (χ0n) is 15.5. The fourth-order valence-electron chi connectivity index (χ4n) is 5.23. The largest absolute Gasteiger partial charge is 0.337 e. The number of nitrogens with one attached hydrogen (secondary N) is 1. The van der Waals surface area contributed by atoms with Gasteiger partial charge in [0.2, 0.25) is 5.95 Å². The maximum atomic E-state index is 12.8. The molecule has 2 heterocycles. The Morgan fingerprint density at radius 2 is 1.84 bits per heavy atom. The molecular weight excluding hydrogens is 314 g/mol. The number of piperazine rings is 1. The lowest BCUT2D eigenvalue weighted by atomic mass is 9.69. The Morgan fingerprint density at radius 3 is 2.40 bits per heavy atom. The second-order valence-corrected chi connectivity index (χ2v) is 8.64. The lowest BCUT2D eigenvalue weighted by Gasteiger charge is -2.41. The molecule has 1 N–H and O–H groups in total. The van der Waals surface area contributed by atoms with Crippen LogP contribution in [0.5, 0.6) is 0 Å². The van der Waals surface area contributed by atoms with Crippen molar-refractivity contribution in [3.63, 3.8) is 0 Å². The molecule has 2 saturated carbocycles. The van der Waals surface area contributed by atoms with Crippen LogP contribution in [0, 0.1) is 16.7 Å². The molecule has 2 amide bonds. The van der Waals surface area contributed by atoms with Crippen molar-refractivity contribution in [3.05, 3.63) is 18.5 Å². The summed E-state index contributed by atoms with van der Waals surface area (Å²) in [5.74, 6) is 1.50. The number of anilines is 1. The second-order valence-electron chi connectivity index (χ2n) is 8.64. The maximum absolute atomic E-state index is 12.8. The normalized spacial score (nSPS) is 33.6. The molecule has 2 bridgehead atoms. The molecular formula is C19H29N5O. The summed E-state index contributed by atoms with van der Waals surface area (Å²) in [4.78, 5) is 25.5. The number of urea groups is 1. The second kappa shape index (κ2) is 5.85. The Morgan fingerprint density at radius 1 is 1.16 bits per heavy atom. The van der Waals surface area contributed by atoms with Crippen molar-refractivity contribution in [2.24, 2.45) is 16.7 Å². The standard InChI is InChI=1S/C19H29N5O/c1-18(2)14-5-6-19(18,3)15(13-14)22-17(25)24-11-9-23(10-12-24)16-20-7-4-8-21-16/h4,7-8,14-15H,5-6,9-13H2,1-3H3,(H,22,25)/t14-,15-,19-/m0/s1.